The number of pyridine rings is 1. The van der Waals surface area contributed by atoms with Gasteiger partial charge in [0.15, 0.2) is 11.7 Å². The molecule has 1 atom stereocenters. The Morgan fingerprint density at radius 1 is 1.50 bits per heavy atom. The molecule has 0 saturated carbocycles. The lowest BCUT2D eigenvalue weighted by atomic mass is 10.2. The molecule has 0 amide bonds. The van der Waals surface area contributed by atoms with Gasteiger partial charge in [0, 0.05) is 31.3 Å². The summed E-state index contributed by atoms with van der Waals surface area (Å²) in [6, 6.07) is 4.39. The van der Waals surface area contributed by atoms with Crippen LogP contribution >= 0.6 is 0 Å². The highest BCUT2D eigenvalue weighted by Crippen LogP contribution is 2.14. The zero-order valence-electron chi connectivity index (χ0n) is 10.2. The Morgan fingerprint density at radius 2 is 2.44 bits per heavy atom. The first-order valence-electron chi connectivity index (χ1n) is 6.05. The van der Waals surface area contributed by atoms with E-state index in [9.17, 15) is 0 Å². The molecule has 0 aromatic carbocycles. The van der Waals surface area contributed by atoms with Crippen molar-refractivity contribution >= 4 is 11.7 Å². The maximum atomic E-state index is 4.51. The van der Waals surface area contributed by atoms with E-state index >= 15 is 0 Å². The highest BCUT2D eigenvalue weighted by atomic mass is 15.3. The Hall–Kier alpha value is -2.17. The number of amidine groups is 2. The molecule has 1 unspecified atom stereocenters. The lowest BCUT2D eigenvalue weighted by Crippen LogP contribution is -2.42. The van der Waals surface area contributed by atoms with Crippen LogP contribution in [-0.4, -0.2) is 34.1 Å². The molecule has 0 saturated heterocycles. The van der Waals surface area contributed by atoms with E-state index < -0.39 is 0 Å². The summed E-state index contributed by atoms with van der Waals surface area (Å²) in [5, 5.41) is 3.32. The average Bonchev–Trinajstić information content (AvgIpc) is 2.80. The molecule has 0 aliphatic carbocycles. The van der Waals surface area contributed by atoms with Gasteiger partial charge in [-0.15, -0.1) is 0 Å². The van der Waals surface area contributed by atoms with Crippen molar-refractivity contribution in [1.82, 2.24) is 15.2 Å². The largest absolute Gasteiger partial charge is 0.363 e. The third-order valence-electron chi connectivity index (χ3n) is 3.05. The van der Waals surface area contributed by atoms with Crippen LogP contribution in [0.2, 0.25) is 0 Å². The number of hydrogen-bond donors (Lipinski definition) is 1. The molecule has 3 heterocycles. The third-order valence-corrected chi connectivity index (χ3v) is 3.05. The number of aromatic nitrogens is 1. The number of fused-ring (bicyclic) bond motifs is 1. The van der Waals surface area contributed by atoms with Crippen LogP contribution in [0, 0.1) is 0 Å². The number of aliphatic imine (C=N–C) groups is 2. The van der Waals surface area contributed by atoms with Gasteiger partial charge in [0.25, 0.3) is 0 Å². The molecule has 0 spiro atoms. The van der Waals surface area contributed by atoms with Gasteiger partial charge in [-0.25, -0.2) is 4.99 Å². The van der Waals surface area contributed by atoms with Crippen molar-refractivity contribution in [1.29, 1.82) is 0 Å². The fourth-order valence-electron chi connectivity index (χ4n) is 2.06. The van der Waals surface area contributed by atoms with Crippen molar-refractivity contribution in [3.05, 3.63) is 42.5 Å². The summed E-state index contributed by atoms with van der Waals surface area (Å²) in [6.45, 7) is 3.69. The van der Waals surface area contributed by atoms with Crippen LogP contribution in [-0.2, 0) is 6.54 Å². The van der Waals surface area contributed by atoms with Gasteiger partial charge >= 0.3 is 0 Å². The predicted molar refractivity (Wildman–Crippen MR) is 71.3 cm³/mol. The highest BCUT2D eigenvalue weighted by Gasteiger charge is 2.27. The van der Waals surface area contributed by atoms with E-state index in [4.69, 9.17) is 0 Å². The van der Waals surface area contributed by atoms with Crippen LogP contribution in [0.3, 0.4) is 0 Å². The number of rotatable bonds is 2. The van der Waals surface area contributed by atoms with Crippen molar-refractivity contribution in [2.45, 2.75) is 19.5 Å². The third kappa shape index (κ3) is 1.99. The molecule has 0 fully saturated rings. The number of nitrogens with zero attached hydrogens (tertiary/aromatic N) is 4. The Morgan fingerprint density at radius 3 is 3.28 bits per heavy atom. The molecule has 0 radical (unpaired) electrons. The molecule has 5 heteroatoms. The summed E-state index contributed by atoms with van der Waals surface area (Å²) in [7, 11) is 0. The van der Waals surface area contributed by atoms with Gasteiger partial charge in [-0.05, 0) is 18.6 Å². The first kappa shape index (κ1) is 11.0. The average molecular weight is 241 g/mol. The fourth-order valence-corrected chi connectivity index (χ4v) is 2.06. The van der Waals surface area contributed by atoms with Gasteiger partial charge in [-0.2, -0.15) is 0 Å². The van der Waals surface area contributed by atoms with E-state index in [1.165, 1.54) is 0 Å². The topological polar surface area (TPSA) is 52.9 Å². The van der Waals surface area contributed by atoms with E-state index in [1.54, 1.807) is 6.20 Å². The van der Waals surface area contributed by atoms with Crippen LogP contribution < -0.4 is 5.32 Å². The standard InChI is InChI=1S/C13H15N5/c1-10-7-17-13-12(15-5-6-18(10)13)16-9-11-3-2-4-14-8-11/h2-6,8,10H,7,9H2,1H3,(H,15,16). The molecular weight excluding hydrogens is 226 g/mol. The van der Waals surface area contributed by atoms with Crippen LogP contribution in [0.4, 0.5) is 0 Å². The zero-order valence-corrected chi connectivity index (χ0v) is 10.2. The molecular formula is C13H15N5. The maximum Gasteiger partial charge on any atom is 0.171 e. The number of hydrogen-bond acceptors (Lipinski definition) is 5. The fraction of sp³-hybridized carbons (Fsp3) is 0.308. The smallest absolute Gasteiger partial charge is 0.171 e. The summed E-state index contributed by atoms with van der Waals surface area (Å²) in [5.74, 6) is 1.78. The van der Waals surface area contributed by atoms with Crippen molar-refractivity contribution in [2.24, 2.45) is 9.98 Å². The predicted octanol–water partition coefficient (Wildman–Crippen LogP) is 1.16. The zero-order chi connectivity index (χ0) is 12.4. The van der Waals surface area contributed by atoms with Crippen LogP contribution in [0.5, 0.6) is 0 Å². The molecule has 2 aliphatic heterocycles. The SMILES string of the molecule is CC1CN=C2C(NCc3cccnc3)=NC=CN21. The minimum absolute atomic E-state index is 0.418. The first-order valence-corrected chi connectivity index (χ1v) is 6.05. The lowest BCUT2D eigenvalue weighted by Gasteiger charge is -2.24. The Kier molecular flexibility index (Phi) is 2.80. The molecule has 1 aromatic heterocycles. The van der Waals surface area contributed by atoms with Gasteiger partial charge in [-0.3, -0.25) is 9.98 Å². The summed E-state index contributed by atoms with van der Waals surface area (Å²) in [4.78, 5) is 15.1. The van der Waals surface area contributed by atoms with Crippen molar-refractivity contribution in [3.63, 3.8) is 0 Å². The Bertz CT molecular complexity index is 517. The molecule has 0 bridgehead atoms. The second-order valence-corrected chi connectivity index (χ2v) is 4.41. The van der Waals surface area contributed by atoms with E-state index in [2.05, 4.69) is 32.1 Å². The van der Waals surface area contributed by atoms with Crippen molar-refractivity contribution in [2.75, 3.05) is 6.54 Å². The van der Waals surface area contributed by atoms with Gasteiger partial charge < -0.3 is 10.2 Å². The molecule has 18 heavy (non-hydrogen) atoms. The monoisotopic (exact) mass is 241 g/mol. The maximum absolute atomic E-state index is 4.51. The van der Waals surface area contributed by atoms with E-state index in [1.807, 2.05) is 30.7 Å². The minimum Gasteiger partial charge on any atom is -0.363 e. The summed E-state index contributed by atoms with van der Waals surface area (Å²) < 4.78 is 0. The minimum atomic E-state index is 0.418. The van der Waals surface area contributed by atoms with Crippen LogP contribution in [0.25, 0.3) is 0 Å². The second kappa shape index (κ2) is 4.60. The Balaban J connectivity index is 1.70. The molecule has 1 aromatic rings. The van der Waals surface area contributed by atoms with Crippen LogP contribution in [0.15, 0.2) is 46.9 Å². The van der Waals surface area contributed by atoms with E-state index in [-0.39, 0.29) is 0 Å². The molecule has 3 rings (SSSR count). The Labute approximate surface area is 106 Å². The lowest BCUT2D eigenvalue weighted by molar-refractivity contribution is 0.473. The van der Waals surface area contributed by atoms with Gasteiger partial charge in [0.05, 0.1) is 12.6 Å². The summed E-state index contributed by atoms with van der Waals surface area (Å²) in [5.41, 5.74) is 1.13. The highest BCUT2D eigenvalue weighted by molar-refractivity contribution is 6.41. The molecule has 1 N–H and O–H groups in total. The van der Waals surface area contributed by atoms with E-state index in [0.717, 1.165) is 23.8 Å². The van der Waals surface area contributed by atoms with Gasteiger partial charge in [0.1, 0.15) is 0 Å². The molecule has 5 nitrogen and oxygen atoms in total. The molecule has 2 aliphatic rings. The second-order valence-electron chi connectivity index (χ2n) is 4.41. The first-order chi connectivity index (χ1) is 8.84. The molecule has 92 valence electrons. The normalized spacial score (nSPS) is 21.4. The number of nitrogens with one attached hydrogen (secondary N) is 1. The van der Waals surface area contributed by atoms with Crippen molar-refractivity contribution in [3.8, 4) is 0 Å². The van der Waals surface area contributed by atoms with Crippen LogP contribution in [0.1, 0.15) is 12.5 Å². The summed E-state index contributed by atoms with van der Waals surface area (Å²) in [6.07, 6.45) is 7.41. The van der Waals surface area contributed by atoms with E-state index in [0.29, 0.717) is 12.6 Å². The van der Waals surface area contributed by atoms with Gasteiger partial charge in [0.2, 0.25) is 0 Å². The quantitative estimate of drug-likeness (QED) is 0.845. The van der Waals surface area contributed by atoms with Crippen molar-refractivity contribution < 1.29 is 0 Å². The van der Waals surface area contributed by atoms with Gasteiger partial charge in [-0.1, -0.05) is 6.07 Å². The summed E-state index contributed by atoms with van der Waals surface area (Å²) >= 11 is 0.